The van der Waals surface area contributed by atoms with Gasteiger partial charge in [-0.25, -0.2) is 0 Å². The molecule has 0 aliphatic heterocycles. The van der Waals surface area contributed by atoms with E-state index in [0.29, 0.717) is 20.5 Å². The van der Waals surface area contributed by atoms with Crippen LogP contribution in [0.1, 0.15) is 10.4 Å². The molecule has 0 aliphatic carbocycles. The Morgan fingerprint density at radius 1 is 1.45 bits per heavy atom. The van der Waals surface area contributed by atoms with Crippen LogP contribution in [0.15, 0.2) is 24.3 Å². The zero-order valence-electron chi connectivity index (χ0n) is 6.00. The van der Waals surface area contributed by atoms with Crippen LogP contribution >= 0.6 is 11.6 Å². The van der Waals surface area contributed by atoms with E-state index in [-0.39, 0.29) is 5.24 Å². The number of hydrogen-bond acceptors (Lipinski definition) is 1. The average molecular weight is 234 g/mol. The molecule has 1 nitrogen and oxygen atoms in total. The van der Waals surface area contributed by atoms with Crippen LogP contribution in [-0.4, -0.2) is 20.2 Å². The van der Waals surface area contributed by atoms with Crippen molar-refractivity contribution in [3.8, 4) is 0 Å². The molecule has 3 heteroatoms. The van der Waals surface area contributed by atoms with Crippen LogP contribution in [0.25, 0.3) is 0 Å². The summed E-state index contributed by atoms with van der Waals surface area (Å²) in [5.74, 6) is 2.06. The van der Waals surface area contributed by atoms with Crippen molar-refractivity contribution in [1.29, 1.82) is 0 Å². The van der Waals surface area contributed by atoms with E-state index in [2.05, 4.69) is 5.82 Å². The van der Waals surface area contributed by atoms with Gasteiger partial charge in [-0.1, -0.05) is 0 Å². The fraction of sp³-hybridized carbons (Fsp3) is 0.125. The van der Waals surface area contributed by atoms with Crippen LogP contribution in [0.4, 0.5) is 0 Å². The van der Waals surface area contributed by atoms with Gasteiger partial charge in [-0.2, -0.15) is 0 Å². The summed E-state index contributed by atoms with van der Waals surface area (Å²) < 4.78 is 1.07. The maximum atomic E-state index is 10.8. The van der Waals surface area contributed by atoms with Crippen molar-refractivity contribution in [3.63, 3.8) is 0 Å². The molecule has 0 saturated carbocycles. The van der Waals surface area contributed by atoms with Crippen molar-refractivity contribution in [3.05, 3.63) is 29.8 Å². The third-order valence-electron chi connectivity index (χ3n) is 1.32. The van der Waals surface area contributed by atoms with Gasteiger partial charge >= 0.3 is 76.7 Å². The number of halogens is 1. The Morgan fingerprint density at radius 3 is 2.55 bits per heavy atom. The van der Waals surface area contributed by atoms with E-state index in [1.165, 1.54) is 0 Å². The Morgan fingerprint density at radius 2 is 2.09 bits per heavy atom. The Balaban J connectivity index is 3.12. The molecule has 0 radical (unpaired) electrons. The van der Waals surface area contributed by atoms with E-state index in [9.17, 15) is 4.79 Å². The molecular formula is C8H7ClOSe. The third kappa shape index (κ3) is 2.06. The molecule has 0 aliphatic rings. The molecule has 0 unspecified atom stereocenters. The molecular weight excluding hydrogens is 226 g/mol. The van der Waals surface area contributed by atoms with E-state index in [4.69, 9.17) is 11.6 Å². The van der Waals surface area contributed by atoms with Gasteiger partial charge in [0.05, 0.1) is 0 Å². The number of hydrogen-bond donors (Lipinski definition) is 0. The molecule has 0 saturated heterocycles. The Hall–Kier alpha value is -0.301. The van der Waals surface area contributed by atoms with Crippen LogP contribution < -0.4 is 4.46 Å². The first-order chi connectivity index (χ1) is 5.25. The third-order valence-corrected chi connectivity index (χ3v) is 3.19. The molecule has 0 aromatic heterocycles. The molecule has 0 heterocycles. The van der Waals surface area contributed by atoms with Gasteiger partial charge in [0, 0.05) is 0 Å². The van der Waals surface area contributed by atoms with Crippen molar-refractivity contribution in [2.45, 2.75) is 5.82 Å². The second-order valence-corrected chi connectivity index (χ2v) is 4.10. The monoisotopic (exact) mass is 234 g/mol. The SMILES string of the molecule is C[Se]c1ccccc1C(=O)Cl. The van der Waals surface area contributed by atoms with Gasteiger partial charge in [-0.15, -0.1) is 0 Å². The molecule has 1 aromatic rings. The number of rotatable bonds is 2. The quantitative estimate of drug-likeness (QED) is 0.558. The summed E-state index contributed by atoms with van der Waals surface area (Å²) >= 11 is 5.69. The number of benzene rings is 1. The van der Waals surface area contributed by atoms with Crippen LogP contribution in [-0.2, 0) is 0 Å². The van der Waals surface area contributed by atoms with E-state index < -0.39 is 0 Å². The van der Waals surface area contributed by atoms with Gasteiger partial charge in [0.25, 0.3) is 0 Å². The minimum absolute atomic E-state index is 0.334. The van der Waals surface area contributed by atoms with Gasteiger partial charge in [-0.3, -0.25) is 0 Å². The Bertz CT molecular complexity index is 273. The molecule has 58 valence electrons. The Kier molecular flexibility index (Phi) is 3.13. The van der Waals surface area contributed by atoms with Crippen molar-refractivity contribution >= 4 is 36.3 Å². The van der Waals surface area contributed by atoms with Crippen molar-refractivity contribution in [2.75, 3.05) is 0 Å². The summed E-state index contributed by atoms with van der Waals surface area (Å²) in [4.78, 5) is 10.8. The van der Waals surface area contributed by atoms with Gasteiger partial charge in [-0.05, 0) is 0 Å². The molecule has 0 N–H and O–H groups in total. The second kappa shape index (κ2) is 3.91. The summed E-state index contributed by atoms with van der Waals surface area (Å²) in [5.41, 5.74) is 0.650. The van der Waals surface area contributed by atoms with E-state index in [1.807, 2.05) is 18.2 Å². The van der Waals surface area contributed by atoms with Crippen LogP contribution in [0.3, 0.4) is 0 Å². The molecule has 0 fully saturated rings. The average Bonchev–Trinajstić information content (AvgIpc) is 2.04. The van der Waals surface area contributed by atoms with Gasteiger partial charge < -0.3 is 0 Å². The first-order valence-electron chi connectivity index (χ1n) is 3.08. The van der Waals surface area contributed by atoms with E-state index in [1.54, 1.807) is 6.07 Å². The normalized spacial score (nSPS) is 9.64. The van der Waals surface area contributed by atoms with Gasteiger partial charge in [0.1, 0.15) is 0 Å². The molecule has 11 heavy (non-hydrogen) atoms. The molecule has 1 rings (SSSR count). The fourth-order valence-electron chi connectivity index (χ4n) is 0.807. The van der Waals surface area contributed by atoms with Gasteiger partial charge in [0.15, 0.2) is 0 Å². The van der Waals surface area contributed by atoms with Crippen LogP contribution in [0.2, 0.25) is 5.82 Å². The summed E-state index contributed by atoms with van der Waals surface area (Å²) in [5, 5.41) is -0.357. The van der Waals surface area contributed by atoms with E-state index in [0.717, 1.165) is 4.46 Å². The van der Waals surface area contributed by atoms with Crippen LogP contribution in [0, 0.1) is 0 Å². The van der Waals surface area contributed by atoms with Crippen molar-refractivity contribution in [2.24, 2.45) is 0 Å². The summed E-state index contributed by atoms with van der Waals surface area (Å²) in [6.07, 6.45) is 0. The Labute approximate surface area is 76.9 Å². The first kappa shape index (κ1) is 8.79. The predicted octanol–water partition coefficient (Wildman–Crippen LogP) is 1.44. The topological polar surface area (TPSA) is 17.1 Å². The molecule has 1 aromatic carbocycles. The second-order valence-electron chi connectivity index (χ2n) is 1.97. The van der Waals surface area contributed by atoms with Crippen molar-refractivity contribution in [1.82, 2.24) is 0 Å². The molecule has 0 bridgehead atoms. The summed E-state index contributed by atoms with van der Waals surface area (Å²) in [6.45, 7) is 0. The zero-order chi connectivity index (χ0) is 8.27. The molecule has 0 amide bonds. The standard InChI is InChI=1S/C8H7ClOSe/c1-11-7-5-3-2-4-6(7)8(9)10/h2-5H,1H3. The molecule has 0 atom stereocenters. The number of carbonyl (C=O) groups is 1. The zero-order valence-corrected chi connectivity index (χ0v) is 8.47. The summed E-state index contributed by atoms with van der Waals surface area (Å²) in [7, 11) is 0. The fourth-order valence-corrected chi connectivity index (χ4v) is 2.35. The minimum atomic E-state index is -0.357. The summed E-state index contributed by atoms with van der Waals surface area (Å²) in [6, 6.07) is 7.44. The van der Waals surface area contributed by atoms with E-state index >= 15 is 0 Å². The van der Waals surface area contributed by atoms with Crippen molar-refractivity contribution < 1.29 is 4.79 Å². The maximum absolute atomic E-state index is 10.8. The van der Waals surface area contributed by atoms with Crippen LogP contribution in [0.5, 0.6) is 0 Å². The number of carbonyl (C=O) groups excluding carboxylic acids is 1. The van der Waals surface area contributed by atoms with Gasteiger partial charge in [0.2, 0.25) is 0 Å². The molecule has 0 spiro atoms. The first-order valence-corrected chi connectivity index (χ1v) is 6.03. The predicted molar refractivity (Wildman–Crippen MR) is 47.9 cm³/mol.